The van der Waals surface area contributed by atoms with Crippen molar-refractivity contribution in [2.24, 2.45) is 0 Å². The second-order valence-corrected chi connectivity index (χ2v) is 8.67. The number of sulfone groups is 1. The maximum atomic E-state index is 11.1. The molecule has 1 saturated heterocycles. The third-order valence-corrected chi connectivity index (χ3v) is 6.25. The van der Waals surface area contributed by atoms with Gasteiger partial charge in [-0.15, -0.1) is 0 Å². The Bertz CT molecular complexity index is 402. The van der Waals surface area contributed by atoms with Crippen LogP contribution in [-0.4, -0.2) is 49.6 Å². The zero-order valence-corrected chi connectivity index (χ0v) is 14.7. The molecule has 0 radical (unpaired) electrons. The maximum Gasteiger partial charge on any atom is 1.00 e. The van der Waals surface area contributed by atoms with E-state index in [0.29, 0.717) is 18.6 Å². The fraction of sp³-hybridized carbons (Fsp3) is 1.00. The van der Waals surface area contributed by atoms with Gasteiger partial charge in [-0.25, -0.2) is 16.8 Å². The normalized spacial score (nSPS) is 23.9. The van der Waals surface area contributed by atoms with Gasteiger partial charge in [-0.05, 0) is 18.6 Å². The Balaban J connectivity index is 0.00000225. The summed E-state index contributed by atoms with van der Waals surface area (Å²) in [6.07, 6.45) is 0.935. The van der Waals surface area contributed by atoms with Gasteiger partial charge < -0.3 is 4.55 Å². The van der Waals surface area contributed by atoms with Crippen molar-refractivity contribution in [3.05, 3.63) is 0 Å². The summed E-state index contributed by atoms with van der Waals surface area (Å²) in [5.74, 6) is 0.577. The van der Waals surface area contributed by atoms with E-state index in [0.717, 1.165) is 0 Å². The summed E-state index contributed by atoms with van der Waals surface area (Å²) >= 11 is 1.44. The van der Waals surface area contributed by atoms with E-state index in [9.17, 15) is 21.4 Å². The topological polar surface area (TPSA) is 91.3 Å². The minimum absolute atomic E-state index is 0. The summed E-state index contributed by atoms with van der Waals surface area (Å²) in [5, 5.41) is 0.0735. The van der Waals surface area contributed by atoms with Crippen LogP contribution in [0.3, 0.4) is 0 Å². The molecule has 9 heteroatoms. The first-order chi connectivity index (χ1) is 6.79. The second-order valence-electron chi connectivity index (χ2n) is 3.51. The molecule has 0 spiro atoms. The van der Waals surface area contributed by atoms with Gasteiger partial charge in [0.05, 0.1) is 21.6 Å². The average molecular weight is 312 g/mol. The van der Waals surface area contributed by atoms with E-state index in [1.54, 1.807) is 0 Å². The third kappa shape index (κ3) is 8.04. The summed E-state index contributed by atoms with van der Waals surface area (Å²) in [5.41, 5.74) is 0. The Labute approximate surface area is 143 Å². The van der Waals surface area contributed by atoms with E-state index in [-0.39, 0.29) is 73.9 Å². The van der Waals surface area contributed by atoms with Crippen molar-refractivity contribution in [2.75, 3.05) is 23.0 Å². The summed E-state index contributed by atoms with van der Waals surface area (Å²) in [4.78, 5) is 0. The predicted molar refractivity (Wildman–Crippen MR) is 58.7 cm³/mol. The summed E-state index contributed by atoms with van der Waals surface area (Å²) in [7, 11) is -6.99. The Morgan fingerprint density at radius 2 is 2.00 bits per heavy atom. The first kappa shape index (κ1) is 17.8. The molecule has 1 rings (SSSR count). The molecule has 5 nitrogen and oxygen atoms in total. The SMILES string of the molecule is O=S(=O)([O-])CCCSC1CCS(=O)(=O)C1.[K+]. The van der Waals surface area contributed by atoms with Gasteiger partial charge in [0, 0.05) is 11.0 Å². The van der Waals surface area contributed by atoms with Crippen molar-refractivity contribution in [3.63, 3.8) is 0 Å². The molecule has 0 amide bonds. The van der Waals surface area contributed by atoms with Crippen LogP contribution in [0.5, 0.6) is 0 Å². The van der Waals surface area contributed by atoms with Crippen LogP contribution in [0.15, 0.2) is 0 Å². The number of rotatable bonds is 5. The molecule has 1 heterocycles. The van der Waals surface area contributed by atoms with Gasteiger partial charge >= 0.3 is 51.4 Å². The van der Waals surface area contributed by atoms with Crippen molar-refractivity contribution in [3.8, 4) is 0 Å². The first-order valence-electron chi connectivity index (χ1n) is 4.54. The van der Waals surface area contributed by atoms with Crippen LogP contribution in [0.4, 0.5) is 0 Å². The molecule has 16 heavy (non-hydrogen) atoms. The molecule has 1 fully saturated rings. The summed E-state index contributed by atoms with van der Waals surface area (Å²) < 4.78 is 53.0. The minimum Gasteiger partial charge on any atom is -0.748 e. The zero-order chi connectivity index (χ0) is 11.5. The van der Waals surface area contributed by atoms with Crippen LogP contribution in [0.1, 0.15) is 12.8 Å². The van der Waals surface area contributed by atoms with Gasteiger partial charge in [-0.1, -0.05) is 0 Å². The van der Waals surface area contributed by atoms with Crippen molar-refractivity contribution < 1.29 is 72.8 Å². The molecule has 0 aromatic heterocycles. The van der Waals surface area contributed by atoms with Gasteiger partial charge in [0.1, 0.15) is 0 Å². The van der Waals surface area contributed by atoms with Crippen molar-refractivity contribution in [1.29, 1.82) is 0 Å². The Morgan fingerprint density at radius 3 is 2.44 bits per heavy atom. The van der Waals surface area contributed by atoms with E-state index in [4.69, 9.17) is 0 Å². The fourth-order valence-electron chi connectivity index (χ4n) is 1.38. The zero-order valence-electron chi connectivity index (χ0n) is 9.09. The first-order valence-corrected chi connectivity index (χ1v) is 8.99. The number of hydrogen-bond acceptors (Lipinski definition) is 6. The van der Waals surface area contributed by atoms with Crippen LogP contribution >= 0.6 is 11.8 Å². The number of hydrogen-bond donors (Lipinski definition) is 0. The monoisotopic (exact) mass is 312 g/mol. The number of thioether (sulfide) groups is 1. The molecule has 0 aromatic carbocycles. The van der Waals surface area contributed by atoms with Gasteiger partial charge in [0.25, 0.3) is 0 Å². The maximum absolute atomic E-state index is 11.1. The molecule has 0 aliphatic carbocycles. The standard InChI is InChI=1S/C7H14O5S3.K/c8-14(9)5-2-7(6-14)13-3-1-4-15(10,11)12;/h7H,1-6H2,(H,10,11,12);/q;+1/p-1. The third-order valence-electron chi connectivity index (χ3n) is 2.08. The van der Waals surface area contributed by atoms with Crippen LogP contribution in [0.2, 0.25) is 0 Å². The Hall–Kier alpha value is 1.85. The Morgan fingerprint density at radius 1 is 1.38 bits per heavy atom. The van der Waals surface area contributed by atoms with Gasteiger partial charge in [-0.3, -0.25) is 0 Å². The molecular weight excluding hydrogens is 299 g/mol. The molecule has 1 aliphatic heterocycles. The molecular formula is C7H13KO5S3. The summed E-state index contributed by atoms with van der Waals surface area (Å²) in [6, 6.07) is 0. The Kier molecular flexibility index (Phi) is 8.30. The predicted octanol–water partition coefficient (Wildman–Crippen LogP) is -3.15. The van der Waals surface area contributed by atoms with Crippen molar-refractivity contribution in [1.82, 2.24) is 0 Å². The van der Waals surface area contributed by atoms with E-state index >= 15 is 0 Å². The molecule has 0 aromatic rings. The fourth-order valence-corrected chi connectivity index (χ4v) is 5.69. The molecule has 90 valence electrons. The smallest absolute Gasteiger partial charge is 0.748 e. The van der Waals surface area contributed by atoms with Crippen molar-refractivity contribution >= 4 is 31.7 Å². The molecule has 0 N–H and O–H groups in total. The van der Waals surface area contributed by atoms with Crippen LogP contribution < -0.4 is 51.4 Å². The van der Waals surface area contributed by atoms with E-state index in [2.05, 4.69) is 0 Å². The molecule has 0 bridgehead atoms. The van der Waals surface area contributed by atoms with E-state index in [1.807, 2.05) is 0 Å². The van der Waals surface area contributed by atoms with Crippen LogP contribution in [0, 0.1) is 0 Å². The van der Waals surface area contributed by atoms with Crippen LogP contribution in [0.25, 0.3) is 0 Å². The van der Waals surface area contributed by atoms with Crippen molar-refractivity contribution in [2.45, 2.75) is 18.1 Å². The molecule has 0 saturated carbocycles. The quantitative estimate of drug-likeness (QED) is 0.302. The molecule has 1 unspecified atom stereocenters. The average Bonchev–Trinajstić information content (AvgIpc) is 2.38. The van der Waals surface area contributed by atoms with Gasteiger partial charge in [0.2, 0.25) is 0 Å². The minimum atomic E-state index is -4.12. The largest absolute Gasteiger partial charge is 1.00 e. The van der Waals surface area contributed by atoms with Gasteiger partial charge in [0.15, 0.2) is 9.84 Å². The van der Waals surface area contributed by atoms with Crippen LogP contribution in [-0.2, 0) is 20.0 Å². The summed E-state index contributed by atoms with van der Waals surface area (Å²) in [6.45, 7) is 0. The second kappa shape index (κ2) is 7.44. The van der Waals surface area contributed by atoms with E-state index < -0.39 is 20.0 Å². The molecule has 1 atom stereocenters. The van der Waals surface area contributed by atoms with Gasteiger partial charge in [-0.2, -0.15) is 11.8 Å². The molecule has 1 aliphatic rings. The van der Waals surface area contributed by atoms with E-state index in [1.165, 1.54) is 11.8 Å².